The fourth-order valence-electron chi connectivity index (χ4n) is 1.79. The molecule has 0 spiro atoms. The smallest absolute Gasteiger partial charge is 0.0745 e. The second kappa shape index (κ2) is 4.00. The highest BCUT2D eigenvalue weighted by molar-refractivity contribution is 5.97. The van der Waals surface area contributed by atoms with Gasteiger partial charge in [-0.2, -0.15) is 0 Å². The van der Waals surface area contributed by atoms with Crippen molar-refractivity contribution in [1.82, 2.24) is 4.98 Å². The van der Waals surface area contributed by atoms with E-state index >= 15 is 0 Å². The number of nitrogens with zero attached hydrogens (tertiary/aromatic N) is 2. The topological polar surface area (TPSA) is 42.1 Å². The fourth-order valence-corrected chi connectivity index (χ4v) is 1.79. The van der Waals surface area contributed by atoms with Gasteiger partial charge in [0.25, 0.3) is 0 Å². The van der Waals surface area contributed by atoms with E-state index in [1.165, 1.54) is 0 Å². The first-order valence-corrected chi connectivity index (χ1v) is 5.47. The first kappa shape index (κ1) is 10.7. The average molecular weight is 215 g/mol. The van der Waals surface area contributed by atoms with Gasteiger partial charge in [-0.3, -0.25) is 4.98 Å². The number of hydrogen-bond donors (Lipinski definition) is 1. The van der Waals surface area contributed by atoms with Gasteiger partial charge in [0.15, 0.2) is 0 Å². The Labute approximate surface area is 95.9 Å². The molecule has 0 fully saturated rings. The van der Waals surface area contributed by atoms with Crippen LogP contribution in [0, 0.1) is 0 Å². The van der Waals surface area contributed by atoms with Gasteiger partial charge in [0.05, 0.1) is 23.1 Å². The average Bonchev–Trinajstić information content (AvgIpc) is 2.28. The summed E-state index contributed by atoms with van der Waals surface area (Å²) in [5.41, 5.74) is 8.81. The van der Waals surface area contributed by atoms with E-state index in [0.717, 1.165) is 22.3 Å². The number of anilines is 2. The van der Waals surface area contributed by atoms with Gasteiger partial charge >= 0.3 is 0 Å². The molecule has 0 radical (unpaired) electrons. The molecule has 0 saturated carbocycles. The number of pyridine rings is 1. The van der Waals surface area contributed by atoms with Crippen molar-refractivity contribution in [1.29, 1.82) is 0 Å². The lowest BCUT2D eigenvalue weighted by Crippen LogP contribution is -2.26. The number of nitrogens with two attached hydrogens (primary N) is 1. The summed E-state index contributed by atoms with van der Waals surface area (Å²) < 4.78 is 0. The highest BCUT2D eigenvalue weighted by Crippen LogP contribution is 2.31. The molecular weight excluding hydrogens is 198 g/mol. The molecule has 0 saturated heterocycles. The molecule has 1 heterocycles. The van der Waals surface area contributed by atoms with Crippen LogP contribution in [0.4, 0.5) is 11.4 Å². The van der Waals surface area contributed by atoms with Gasteiger partial charge in [0, 0.05) is 18.5 Å². The summed E-state index contributed by atoms with van der Waals surface area (Å²) in [6.45, 7) is 4.29. The Morgan fingerprint density at radius 3 is 2.62 bits per heavy atom. The summed E-state index contributed by atoms with van der Waals surface area (Å²) in [5, 5.41) is 1.11. The number of fused-ring (bicyclic) bond motifs is 1. The molecule has 0 unspecified atom stereocenters. The van der Waals surface area contributed by atoms with Crippen LogP contribution in [0.3, 0.4) is 0 Å². The molecule has 2 aromatic rings. The first-order chi connectivity index (χ1) is 7.61. The van der Waals surface area contributed by atoms with Crippen molar-refractivity contribution < 1.29 is 0 Å². The maximum Gasteiger partial charge on any atom is 0.0745 e. The molecule has 2 rings (SSSR count). The Morgan fingerprint density at radius 1 is 1.25 bits per heavy atom. The van der Waals surface area contributed by atoms with Gasteiger partial charge in [0.2, 0.25) is 0 Å². The van der Waals surface area contributed by atoms with Crippen molar-refractivity contribution in [3.8, 4) is 0 Å². The predicted molar refractivity (Wildman–Crippen MR) is 69.7 cm³/mol. The number of hydrogen-bond acceptors (Lipinski definition) is 3. The standard InChI is InChI=1S/C13H17N3/c1-9(2)16(3)13-10-6-4-5-7-12(10)15-8-11(13)14/h4-9H,14H2,1-3H3. The minimum Gasteiger partial charge on any atom is -0.396 e. The van der Waals surface area contributed by atoms with E-state index in [1.54, 1.807) is 6.20 Å². The van der Waals surface area contributed by atoms with E-state index in [1.807, 2.05) is 18.2 Å². The molecule has 0 bridgehead atoms. The predicted octanol–water partition coefficient (Wildman–Crippen LogP) is 2.66. The van der Waals surface area contributed by atoms with Gasteiger partial charge in [0.1, 0.15) is 0 Å². The Morgan fingerprint density at radius 2 is 1.94 bits per heavy atom. The first-order valence-electron chi connectivity index (χ1n) is 5.47. The van der Waals surface area contributed by atoms with Crippen LogP contribution < -0.4 is 10.6 Å². The van der Waals surface area contributed by atoms with Crippen LogP contribution >= 0.6 is 0 Å². The summed E-state index contributed by atoms with van der Waals surface area (Å²) in [6, 6.07) is 8.48. The lowest BCUT2D eigenvalue weighted by Gasteiger charge is -2.26. The highest BCUT2D eigenvalue weighted by Gasteiger charge is 2.12. The van der Waals surface area contributed by atoms with Crippen LogP contribution in [0.1, 0.15) is 13.8 Å². The van der Waals surface area contributed by atoms with Crippen molar-refractivity contribution in [3.05, 3.63) is 30.5 Å². The normalized spacial score (nSPS) is 11.0. The molecule has 1 aromatic carbocycles. The summed E-state index contributed by atoms with van der Waals surface area (Å²) >= 11 is 0. The molecule has 0 amide bonds. The maximum atomic E-state index is 6.02. The van der Waals surface area contributed by atoms with Crippen molar-refractivity contribution >= 4 is 22.3 Å². The van der Waals surface area contributed by atoms with Crippen LogP contribution in [0.2, 0.25) is 0 Å². The molecular formula is C13H17N3. The molecule has 84 valence electrons. The Balaban J connectivity index is 2.70. The largest absolute Gasteiger partial charge is 0.396 e. The van der Waals surface area contributed by atoms with Gasteiger partial charge in [-0.25, -0.2) is 0 Å². The molecule has 0 aliphatic heterocycles. The third kappa shape index (κ3) is 1.69. The van der Waals surface area contributed by atoms with Gasteiger partial charge in [-0.1, -0.05) is 18.2 Å². The van der Waals surface area contributed by atoms with E-state index in [0.29, 0.717) is 6.04 Å². The monoisotopic (exact) mass is 215 g/mol. The van der Waals surface area contributed by atoms with Crippen LogP contribution in [0.5, 0.6) is 0 Å². The molecule has 1 aromatic heterocycles. The fraction of sp³-hybridized carbons (Fsp3) is 0.308. The van der Waals surface area contributed by atoms with Crippen LogP contribution in [-0.2, 0) is 0 Å². The Hall–Kier alpha value is -1.77. The maximum absolute atomic E-state index is 6.02. The van der Waals surface area contributed by atoms with E-state index in [9.17, 15) is 0 Å². The number of aromatic nitrogens is 1. The minimum absolute atomic E-state index is 0.410. The summed E-state index contributed by atoms with van der Waals surface area (Å²) in [6.07, 6.45) is 1.73. The summed E-state index contributed by atoms with van der Waals surface area (Å²) in [4.78, 5) is 6.51. The van der Waals surface area contributed by atoms with E-state index < -0.39 is 0 Å². The van der Waals surface area contributed by atoms with E-state index in [2.05, 4.69) is 36.8 Å². The van der Waals surface area contributed by atoms with Crippen molar-refractivity contribution in [2.45, 2.75) is 19.9 Å². The van der Waals surface area contributed by atoms with E-state index in [4.69, 9.17) is 5.73 Å². The van der Waals surface area contributed by atoms with Crippen LogP contribution in [0.25, 0.3) is 10.9 Å². The number of para-hydroxylation sites is 1. The Bertz CT molecular complexity index is 506. The lowest BCUT2D eigenvalue weighted by molar-refractivity contribution is 0.758. The third-order valence-corrected chi connectivity index (χ3v) is 2.90. The molecule has 3 nitrogen and oxygen atoms in total. The van der Waals surface area contributed by atoms with Gasteiger partial charge in [-0.15, -0.1) is 0 Å². The van der Waals surface area contributed by atoms with Gasteiger partial charge in [-0.05, 0) is 19.9 Å². The van der Waals surface area contributed by atoms with Crippen molar-refractivity contribution in [2.24, 2.45) is 0 Å². The second-order valence-corrected chi connectivity index (χ2v) is 4.28. The highest BCUT2D eigenvalue weighted by atomic mass is 15.1. The quantitative estimate of drug-likeness (QED) is 0.837. The van der Waals surface area contributed by atoms with Gasteiger partial charge < -0.3 is 10.6 Å². The summed E-state index contributed by atoms with van der Waals surface area (Å²) in [7, 11) is 2.06. The van der Waals surface area contributed by atoms with E-state index in [-0.39, 0.29) is 0 Å². The lowest BCUT2D eigenvalue weighted by atomic mass is 10.1. The zero-order valence-electron chi connectivity index (χ0n) is 9.94. The third-order valence-electron chi connectivity index (χ3n) is 2.90. The molecule has 16 heavy (non-hydrogen) atoms. The second-order valence-electron chi connectivity index (χ2n) is 4.28. The molecule has 2 N–H and O–H groups in total. The minimum atomic E-state index is 0.410. The van der Waals surface area contributed by atoms with Crippen LogP contribution in [-0.4, -0.2) is 18.1 Å². The molecule has 0 aliphatic rings. The molecule has 0 atom stereocenters. The summed E-state index contributed by atoms with van der Waals surface area (Å²) in [5.74, 6) is 0. The number of benzene rings is 1. The molecule has 3 heteroatoms. The van der Waals surface area contributed by atoms with Crippen molar-refractivity contribution in [3.63, 3.8) is 0 Å². The molecule has 0 aliphatic carbocycles. The number of nitrogen functional groups attached to an aromatic ring is 1. The number of rotatable bonds is 2. The SMILES string of the molecule is CC(C)N(C)c1c(N)cnc2ccccc12. The zero-order valence-corrected chi connectivity index (χ0v) is 9.94. The Kier molecular flexibility index (Phi) is 2.69. The zero-order chi connectivity index (χ0) is 11.7. The van der Waals surface area contributed by atoms with Crippen LogP contribution in [0.15, 0.2) is 30.5 Å². The van der Waals surface area contributed by atoms with Crippen molar-refractivity contribution in [2.75, 3.05) is 17.7 Å².